The molecule has 1 saturated heterocycles. The fraction of sp³-hybridized carbons (Fsp3) is 0.533. The highest BCUT2D eigenvalue weighted by atomic mass is 31.2. The third-order valence-electron chi connectivity index (χ3n) is 4.53. The monoisotopic (exact) mass is 338 g/mol. The summed E-state index contributed by atoms with van der Waals surface area (Å²) in [5.41, 5.74) is -0.134. The zero-order valence-corrected chi connectivity index (χ0v) is 13.8. The average Bonchev–Trinajstić information content (AvgIpc) is 3.39. The van der Waals surface area contributed by atoms with Crippen LogP contribution in [0.3, 0.4) is 0 Å². The molecule has 8 heteroatoms. The van der Waals surface area contributed by atoms with Gasteiger partial charge in [-0.2, -0.15) is 0 Å². The number of hydrogen-bond donors (Lipinski definition) is 0. The lowest BCUT2D eigenvalue weighted by Gasteiger charge is -2.32. The van der Waals surface area contributed by atoms with Crippen molar-refractivity contribution in [3.63, 3.8) is 0 Å². The van der Waals surface area contributed by atoms with Gasteiger partial charge in [0.2, 0.25) is 5.91 Å². The fourth-order valence-electron chi connectivity index (χ4n) is 2.93. The molecule has 1 aromatic carbocycles. The first-order valence-corrected chi connectivity index (χ1v) is 9.72. The molecule has 1 heterocycles. The molecule has 0 N–H and O–H groups in total. The molecule has 1 saturated carbocycles. The van der Waals surface area contributed by atoms with Crippen LogP contribution in [0.1, 0.15) is 12.8 Å². The van der Waals surface area contributed by atoms with E-state index < -0.39 is 12.1 Å². The maximum Gasteiger partial charge on any atom is 0.310 e. The van der Waals surface area contributed by atoms with Crippen LogP contribution in [0.25, 0.3) is 0 Å². The van der Waals surface area contributed by atoms with Crippen LogP contribution in [-0.4, -0.2) is 48.3 Å². The van der Waals surface area contributed by atoms with E-state index in [0.29, 0.717) is 30.7 Å². The van der Waals surface area contributed by atoms with Gasteiger partial charge < -0.3 is 14.2 Å². The number of amides is 1. The molecule has 0 aromatic heterocycles. The van der Waals surface area contributed by atoms with Gasteiger partial charge in [0.15, 0.2) is 5.75 Å². The van der Waals surface area contributed by atoms with Crippen molar-refractivity contribution in [2.75, 3.05) is 32.5 Å². The summed E-state index contributed by atoms with van der Waals surface area (Å²) in [6.45, 7) is 0.984. The van der Waals surface area contributed by atoms with E-state index in [1.165, 1.54) is 19.2 Å². The van der Waals surface area contributed by atoms with Gasteiger partial charge in [-0.25, -0.2) is 0 Å². The van der Waals surface area contributed by atoms with E-state index in [1.54, 1.807) is 11.0 Å². The van der Waals surface area contributed by atoms with E-state index in [2.05, 4.69) is 0 Å². The maximum absolute atomic E-state index is 13.2. The maximum atomic E-state index is 13.2. The lowest BCUT2D eigenvalue weighted by molar-refractivity contribution is -0.385. The topological polar surface area (TPSA) is 89.8 Å². The highest BCUT2D eigenvalue weighted by molar-refractivity contribution is 7.71. The summed E-state index contributed by atoms with van der Waals surface area (Å²) in [5, 5.41) is 11.5. The Morgan fingerprint density at radius 3 is 2.52 bits per heavy atom. The van der Waals surface area contributed by atoms with E-state index in [4.69, 9.17) is 4.74 Å². The molecular formula is C15H19N2O5P. The van der Waals surface area contributed by atoms with E-state index in [0.717, 1.165) is 12.8 Å². The summed E-state index contributed by atoms with van der Waals surface area (Å²) in [5.74, 6) is 0.476. The second-order valence-electron chi connectivity index (χ2n) is 6.05. The standard InChI is InChI=1S/C15H19N2O5P/c1-22-14-10-12(4-5-13(14)17(19)20)23(21)8-6-16(7-9-23)15(18)11-2-3-11/h4-5,10-11H,2-3,6-9H2,1H3. The molecule has 124 valence electrons. The predicted octanol–water partition coefficient (Wildman–Crippen LogP) is 1.84. The molecule has 1 aromatic rings. The van der Waals surface area contributed by atoms with Gasteiger partial charge in [-0.3, -0.25) is 14.9 Å². The normalized spacial score (nSPS) is 20.1. The first kappa shape index (κ1) is 16.0. The summed E-state index contributed by atoms with van der Waals surface area (Å²) in [7, 11) is -1.28. The van der Waals surface area contributed by atoms with Crippen LogP contribution in [0, 0.1) is 16.0 Å². The van der Waals surface area contributed by atoms with Crippen molar-refractivity contribution in [3.05, 3.63) is 28.3 Å². The third-order valence-corrected chi connectivity index (χ3v) is 7.60. The minimum Gasteiger partial charge on any atom is -0.490 e. The van der Waals surface area contributed by atoms with Crippen LogP contribution in [-0.2, 0) is 9.36 Å². The molecule has 23 heavy (non-hydrogen) atoms. The summed E-state index contributed by atoms with van der Waals surface area (Å²) >= 11 is 0. The molecule has 0 radical (unpaired) electrons. The van der Waals surface area contributed by atoms with Crippen molar-refractivity contribution < 1.29 is 19.0 Å². The van der Waals surface area contributed by atoms with Crippen molar-refractivity contribution >= 4 is 24.0 Å². The van der Waals surface area contributed by atoms with E-state index >= 15 is 0 Å². The predicted molar refractivity (Wildman–Crippen MR) is 85.9 cm³/mol. The largest absolute Gasteiger partial charge is 0.490 e. The van der Waals surface area contributed by atoms with Crippen LogP contribution in [0.4, 0.5) is 5.69 Å². The number of hydrogen-bond acceptors (Lipinski definition) is 5. The number of nitrogens with zero attached hydrogens (tertiary/aromatic N) is 2. The summed E-state index contributed by atoms with van der Waals surface area (Å²) in [4.78, 5) is 24.3. The number of nitro groups is 1. The van der Waals surface area contributed by atoms with Crippen LogP contribution < -0.4 is 10.0 Å². The average molecular weight is 338 g/mol. The van der Waals surface area contributed by atoms with Crippen LogP contribution in [0.5, 0.6) is 5.75 Å². The van der Waals surface area contributed by atoms with Gasteiger partial charge in [0, 0.05) is 42.7 Å². The van der Waals surface area contributed by atoms with Gasteiger partial charge in [0.1, 0.15) is 7.14 Å². The quantitative estimate of drug-likeness (QED) is 0.475. The van der Waals surface area contributed by atoms with Crippen LogP contribution in [0.15, 0.2) is 18.2 Å². The van der Waals surface area contributed by atoms with E-state index in [9.17, 15) is 19.5 Å². The molecule has 1 aliphatic heterocycles. The molecule has 1 aliphatic carbocycles. The van der Waals surface area contributed by atoms with Gasteiger partial charge in [-0.1, -0.05) is 0 Å². The summed E-state index contributed by atoms with van der Waals surface area (Å²) in [6.07, 6.45) is 2.78. The molecule has 3 rings (SSSR count). The zero-order valence-electron chi connectivity index (χ0n) is 12.9. The molecule has 2 aliphatic rings. The van der Waals surface area contributed by atoms with Crippen molar-refractivity contribution in [1.29, 1.82) is 0 Å². The Morgan fingerprint density at radius 2 is 2.00 bits per heavy atom. The van der Waals surface area contributed by atoms with E-state index in [1.807, 2.05) is 0 Å². The molecule has 0 atom stereocenters. The molecule has 1 amide bonds. The fourth-order valence-corrected chi connectivity index (χ4v) is 5.49. The Kier molecular flexibility index (Phi) is 4.15. The lowest BCUT2D eigenvalue weighted by Crippen LogP contribution is -2.41. The number of carbonyl (C=O) groups is 1. The smallest absolute Gasteiger partial charge is 0.310 e. The van der Waals surface area contributed by atoms with E-state index in [-0.39, 0.29) is 23.3 Å². The molecular weight excluding hydrogens is 319 g/mol. The zero-order chi connectivity index (χ0) is 16.6. The Bertz CT molecular complexity index is 689. The highest BCUT2D eigenvalue weighted by Gasteiger charge is 2.38. The first-order valence-electron chi connectivity index (χ1n) is 7.64. The minimum atomic E-state index is -2.64. The van der Waals surface area contributed by atoms with Crippen LogP contribution >= 0.6 is 7.14 Å². The number of benzene rings is 1. The number of methoxy groups -OCH3 is 1. The second kappa shape index (κ2) is 5.96. The molecule has 2 fully saturated rings. The van der Waals surface area contributed by atoms with Gasteiger partial charge in [0.05, 0.1) is 12.0 Å². The van der Waals surface area contributed by atoms with Gasteiger partial charge >= 0.3 is 5.69 Å². The van der Waals surface area contributed by atoms with Crippen molar-refractivity contribution in [3.8, 4) is 5.75 Å². The van der Waals surface area contributed by atoms with Gasteiger partial charge in [-0.05, 0) is 25.0 Å². The van der Waals surface area contributed by atoms with Crippen LogP contribution in [0.2, 0.25) is 0 Å². The SMILES string of the molecule is COc1cc(P2(=O)CCN(C(=O)C3CC3)CC2)ccc1[N+](=O)[O-]. The van der Waals surface area contributed by atoms with Gasteiger partial charge in [-0.15, -0.1) is 0 Å². The molecule has 0 bridgehead atoms. The Balaban J connectivity index is 1.77. The molecule has 0 unspecified atom stereocenters. The number of rotatable bonds is 4. The lowest BCUT2D eigenvalue weighted by atomic mass is 10.3. The number of carbonyl (C=O) groups excluding carboxylic acids is 1. The summed E-state index contributed by atoms with van der Waals surface area (Å²) in [6, 6.07) is 4.41. The number of nitro benzene ring substituents is 1. The first-order chi connectivity index (χ1) is 10.9. The second-order valence-corrected chi connectivity index (χ2v) is 9.24. The third kappa shape index (κ3) is 3.11. The Morgan fingerprint density at radius 1 is 1.35 bits per heavy atom. The Labute approximate surface area is 134 Å². The summed E-state index contributed by atoms with van der Waals surface area (Å²) < 4.78 is 18.2. The van der Waals surface area contributed by atoms with Gasteiger partial charge in [0.25, 0.3) is 0 Å². The number of ether oxygens (including phenoxy) is 1. The van der Waals surface area contributed by atoms with Crippen molar-refractivity contribution in [1.82, 2.24) is 4.90 Å². The molecule has 0 spiro atoms. The van der Waals surface area contributed by atoms with Crippen molar-refractivity contribution in [2.45, 2.75) is 12.8 Å². The minimum absolute atomic E-state index is 0.124. The van der Waals surface area contributed by atoms with Crippen molar-refractivity contribution in [2.24, 2.45) is 5.92 Å². The molecule has 7 nitrogen and oxygen atoms in total. The highest BCUT2D eigenvalue weighted by Crippen LogP contribution is 2.48. The Hall–Kier alpha value is -1.88.